The Hall–Kier alpha value is -0.860. The van der Waals surface area contributed by atoms with Crippen molar-refractivity contribution < 1.29 is 0 Å². The predicted molar refractivity (Wildman–Crippen MR) is 68.7 cm³/mol. The fraction of sp³-hybridized carbons (Fsp3) is 0.571. The van der Waals surface area contributed by atoms with E-state index in [-0.39, 0.29) is 0 Å². The van der Waals surface area contributed by atoms with Gasteiger partial charge in [0.1, 0.15) is 0 Å². The summed E-state index contributed by atoms with van der Waals surface area (Å²) in [7, 11) is 0. The molecule has 2 rings (SSSR count). The van der Waals surface area contributed by atoms with Crippen LogP contribution in [0.3, 0.4) is 0 Å². The minimum absolute atomic E-state index is 0.575. The Morgan fingerprint density at radius 3 is 2.88 bits per heavy atom. The second kappa shape index (κ2) is 4.98. The van der Waals surface area contributed by atoms with Crippen molar-refractivity contribution in [3.8, 4) is 0 Å². The number of benzene rings is 1. The summed E-state index contributed by atoms with van der Waals surface area (Å²) < 4.78 is 0. The highest BCUT2D eigenvalue weighted by molar-refractivity contribution is 5.34. The molecule has 1 aliphatic heterocycles. The van der Waals surface area contributed by atoms with Crippen LogP contribution in [-0.4, -0.2) is 19.1 Å². The number of nitrogens with two attached hydrogens (primary N) is 1. The maximum absolute atomic E-state index is 5.67. The second-order valence-corrected chi connectivity index (χ2v) is 4.89. The van der Waals surface area contributed by atoms with Crippen LogP contribution >= 0.6 is 0 Å². The zero-order valence-corrected chi connectivity index (χ0v) is 10.3. The second-order valence-electron chi connectivity index (χ2n) is 4.89. The molecule has 0 spiro atoms. The Labute approximate surface area is 98.2 Å². The summed E-state index contributed by atoms with van der Waals surface area (Å²) in [5, 5.41) is 3.57. The molecule has 2 unspecified atom stereocenters. The molecular weight excluding hydrogens is 196 g/mol. The average molecular weight is 218 g/mol. The first-order valence-electron chi connectivity index (χ1n) is 6.23. The Morgan fingerprint density at radius 1 is 1.38 bits per heavy atom. The molecule has 2 nitrogen and oxygen atoms in total. The molecule has 0 amide bonds. The first kappa shape index (κ1) is 11.6. The third-order valence-electron chi connectivity index (χ3n) is 3.65. The van der Waals surface area contributed by atoms with Gasteiger partial charge in [0.15, 0.2) is 0 Å². The molecule has 1 aromatic carbocycles. The number of hydrogen-bond donors (Lipinski definition) is 2. The van der Waals surface area contributed by atoms with E-state index in [2.05, 4.69) is 37.4 Å². The Bertz CT molecular complexity index is 360. The van der Waals surface area contributed by atoms with Crippen molar-refractivity contribution in [3.05, 3.63) is 34.9 Å². The van der Waals surface area contributed by atoms with E-state index in [1.54, 1.807) is 0 Å². The first-order chi connectivity index (χ1) is 7.72. The van der Waals surface area contributed by atoms with E-state index >= 15 is 0 Å². The summed E-state index contributed by atoms with van der Waals surface area (Å²) in [6.07, 6.45) is 2.33. The van der Waals surface area contributed by atoms with E-state index in [1.807, 2.05) is 0 Å². The molecule has 1 aromatic rings. The van der Waals surface area contributed by atoms with Crippen LogP contribution in [0.25, 0.3) is 0 Å². The van der Waals surface area contributed by atoms with Crippen LogP contribution in [0.1, 0.15) is 35.4 Å². The molecule has 0 aromatic heterocycles. The van der Waals surface area contributed by atoms with Gasteiger partial charge in [0.2, 0.25) is 0 Å². The molecule has 1 fully saturated rings. The maximum atomic E-state index is 5.67. The molecule has 88 valence electrons. The molecular formula is C14H22N2. The summed E-state index contributed by atoms with van der Waals surface area (Å²) in [5.41, 5.74) is 9.96. The summed E-state index contributed by atoms with van der Waals surface area (Å²) in [6.45, 7) is 6.28. The number of hydrogen-bond acceptors (Lipinski definition) is 2. The lowest BCUT2D eigenvalue weighted by Gasteiger charge is -2.21. The largest absolute Gasteiger partial charge is 0.330 e. The minimum atomic E-state index is 0.575. The van der Waals surface area contributed by atoms with E-state index in [0.29, 0.717) is 12.0 Å². The molecule has 16 heavy (non-hydrogen) atoms. The SMILES string of the molecule is Cc1ccc(C2CCNC2CCN)c(C)c1. The van der Waals surface area contributed by atoms with Crippen molar-refractivity contribution in [3.63, 3.8) is 0 Å². The summed E-state index contributed by atoms with van der Waals surface area (Å²) in [5.74, 6) is 0.657. The van der Waals surface area contributed by atoms with Crippen molar-refractivity contribution in [2.45, 2.75) is 38.6 Å². The lowest BCUT2D eigenvalue weighted by atomic mass is 9.87. The maximum Gasteiger partial charge on any atom is 0.0148 e. The summed E-state index contributed by atoms with van der Waals surface area (Å²) >= 11 is 0. The molecule has 0 radical (unpaired) electrons. The third kappa shape index (κ3) is 2.28. The van der Waals surface area contributed by atoms with Crippen LogP contribution in [0.4, 0.5) is 0 Å². The summed E-state index contributed by atoms with van der Waals surface area (Å²) in [6, 6.07) is 7.38. The van der Waals surface area contributed by atoms with Crippen molar-refractivity contribution >= 4 is 0 Å². The van der Waals surface area contributed by atoms with E-state index in [1.165, 1.54) is 23.1 Å². The van der Waals surface area contributed by atoms with Gasteiger partial charge >= 0.3 is 0 Å². The van der Waals surface area contributed by atoms with Crippen LogP contribution in [-0.2, 0) is 0 Å². The zero-order chi connectivity index (χ0) is 11.5. The van der Waals surface area contributed by atoms with Crippen LogP contribution in [0.5, 0.6) is 0 Å². The van der Waals surface area contributed by atoms with Gasteiger partial charge < -0.3 is 11.1 Å². The number of rotatable bonds is 3. The normalized spacial score (nSPS) is 24.9. The van der Waals surface area contributed by atoms with E-state index < -0.39 is 0 Å². The highest BCUT2D eigenvalue weighted by Crippen LogP contribution is 2.31. The lowest BCUT2D eigenvalue weighted by Crippen LogP contribution is -2.28. The highest BCUT2D eigenvalue weighted by atomic mass is 15.0. The molecule has 3 N–H and O–H groups in total. The van der Waals surface area contributed by atoms with Crippen LogP contribution in [0, 0.1) is 13.8 Å². The van der Waals surface area contributed by atoms with Crippen molar-refractivity contribution in [1.82, 2.24) is 5.32 Å². The third-order valence-corrected chi connectivity index (χ3v) is 3.65. The van der Waals surface area contributed by atoms with Crippen molar-refractivity contribution in [1.29, 1.82) is 0 Å². The molecule has 0 saturated carbocycles. The zero-order valence-electron chi connectivity index (χ0n) is 10.3. The summed E-state index contributed by atoms with van der Waals surface area (Å²) in [4.78, 5) is 0. The predicted octanol–water partition coefficient (Wildman–Crippen LogP) is 2.10. The van der Waals surface area contributed by atoms with Crippen LogP contribution in [0.2, 0.25) is 0 Å². The van der Waals surface area contributed by atoms with E-state index in [0.717, 1.165) is 19.5 Å². The quantitative estimate of drug-likeness (QED) is 0.815. The molecule has 2 atom stereocenters. The minimum Gasteiger partial charge on any atom is -0.330 e. The van der Waals surface area contributed by atoms with Crippen LogP contribution < -0.4 is 11.1 Å². The van der Waals surface area contributed by atoms with Gasteiger partial charge in [-0.25, -0.2) is 0 Å². The Morgan fingerprint density at radius 2 is 2.19 bits per heavy atom. The van der Waals surface area contributed by atoms with Crippen molar-refractivity contribution in [2.24, 2.45) is 5.73 Å². The van der Waals surface area contributed by atoms with Gasteiger partial charge in [0, 0.05) is 12.0 Å². The smallest absolute Gasteiger partial charge is 0.0148 e. The molecule has 0 aliphatic carbocycles. The van der Waals surface area contributed by atoms with Gasteiger partial charge in [-0.15, -0.1) is 0 Å². The van der Waals surface area contributed by atoms with E-state index in [4.69, 9.17) is 5.73 Å². The van der Waals surface area contributed by atoms with Gasteiger partial charge in [-0.05, 0) is 50.9 Å². The standard InChI is InChI=1S/C14H22N2/c1-10-3-4-12(11(2)9-10)13-6-8-16-14(13)5-7-15/h3-4,9,13-14,16H,5-8,15H2,1-2H3. The lowest BCUT2D eigenvalue weighted by molar-refractivity contribution is 0.514. The first-order valence-corrected chi connectivity index (χ1v) is 6.23. The Balaban J connectivity index is 2.22. The molecule has 0 bridgehead atoms. The van der Waals surface area contributed by atoms with Crippen LogP contribution in [0.15, 0.2) is 18.2 Å². The Kier molecular flexibility index (Phi) is 3.62. The highest BCUT2D eigenvalue weighted by Gasteiger charge is 2.28. The molecule has 1 heterocycles. The number of aryl methyl sites for hydroxylation is 2. The van der Waals surface area contributed by atoms with Gasteiger partial charge in [-0.2, -0.15) is 0 Å². The molecule has 2 heteroatoms. The monoisotopic (exact) mass is 218 g/mol. The topological polar surface area (TPSA) is 38.0 Å². The number of nitrogens with one attached hydrogen (secondary N) is 1. The fourth-order valence-electron chi connectivity index (χ4n) is 2.86. The average Bonchev–Trinajstić information content (AvgIpc) is 2.67. The molecule has 1 saturated heterocycles. The van der Waals surface area contributed by atoms with Crippen molar-refractivity contribution in [2.75, 3.05) is 13.1 Å². The van der Waals surface area contributed by atoms with Gasteiger partial charge in [0.25, 0.3) is 0 Å². The fourth-order valence-corrected chi connectivity index (χ4v) is 2.86. The molecule has 1 aliphatic rings. The van der Waals surface area contributed by atoms with E-state index in [9.17, 15) is 0 Å². The van der Waals surface area contributed by atoms with Gasteiger partial charge in [0.05, 0.1) is 0 Å². The van der Waals surface area contributed by atoms with Gasteiger partial charge in [-0.3, -0.25) is 0 Å². The van der Waals surface area contributed by atoms with Gasteiger partial charge in [-0.1, -0.05) is 23.8 Å².